The predicted molar refractivity (Wildman–Crippen MR) is 65.9 cm³/mol. The Morgan fingerprint density at radius 3 is 2.88 bits per heavy atom. The number of hydrogen-bond acceptors (Lipinski definition) is 4. The van der Waals surface area contributed by atoms with E-state index >= 15 is 0 Å². The van der Waals surface area contributed by atoms with E-state index in [-0.39, 0.29) is 17.5 Å². The molecule has 1 rings (SSSR count). The Morgan fingerprint density at radius 1 is 1.62 bits per heavy atom. The van der Waals surface area contributed by atoms with Crippen LogP contribution in [0, 0.1) is 10.1 Å². The van der Waals surface area contributed by atoms with Crippen molar-refractivity contribution < 1.29 is 10.0 Å². The third-order valence-electron chi connectivity index (χ3n) is 2.02. The maximum Gasteiger partial charge on any atom is 0.274 e. The lowest BCUT2D eigenvalue weighted by atomic mass is 10.2. The van der Waals surface area contributed by atoms with Crippen molar-refractivity contribution in [2.45, 2.75) is 17.9 Å². The van der Waals surface area contributed by atoms with E-state index in [1.54, 1.807) is 12.1 Å². The lowest BCUT2D eigenvalue weighted by molar-refractivity contribution is -0.385. The summed E-state index contributed by atoms with van der Waals surface area (Å²) in [7, 11) is 0. The lowest BCUT2D eigenvalue weighted by Gasteiger charge is -2.07. The normalized spacial score (nSPS) is 12.4. The van der Waals surface area contributed by atoms with Crippen molar-refractivity contribution in [2.24, 2.45) is 0 Å². The number of benzene rings is 1. The number of nitro groups is 1. The summed E-state index contributed by atoms with van der Waals surface area (Å²) in [5, 5.41) is 20.1. The first-order valence-electron chi connectivity index (χ1n) is 4.70. The fourth-order valence-corrected chi connectivity index (χ4v) is 2.09. The van der Waals surface area contributed by atoms with Crippen LogP contribution in [-0.2, 0) is 5.75 Å². The van der Waals surface area contributed by atoms with Crippen LogP contribution in [-0.4, -0.2) is 21.9 Å². The number of halogens is 1. The molecule has 1 atom stereocenters. The van der Waals surface area contributed by atoms with Crippen LogP contribution in [0.5, 0.6) is 0 Å². The average molecular weight is 262 g/mol. The summed E-state index contributed by atoms with van der Waals surface area (Å²) in [6.07, 6.45) is 0. The highest BCUT2D eigenvalue weighted by Gasteiger charge is 2.14. The number of nitrogens with zero attached hydrogens (tertiary/aromatic N) is 1. The average Bonchev–Trinajstić information content (AvgIpc) is 2.26. The summed E-state index contributed by atoms with van der Waals surface area (Å²) < 4.78 is 0. The molecule has 0 aliphatic rings. The Morgan fingerprint density at radius 2 is 2.31 bits per heavy atom. The molecule has 1 aromatic carbocycles. The van der Waals surface area contributed by atoms with Gasteiger partial charge in [-0.15, -0.1) is 0 Å². The second-order valence-corrected chi connectivity index (χ2v) is 5.20. The Kier molecular flexibility index (Phi) is 5.05. The molecule has 1 unspecified atom stereocenters. The van der Waals surface area contributed by atoms with Crippen LogP contribution in [0.4, 0.5) is 5.69 Å². The van der Waals surface area contributed by atoms with Gasteiger partial charge in [-0.3, -0.25) is 10.1 Å². The fourth-order valence-electron chi connectivity index (χ4n) is 1.11. The van der Waals surface area contributed by atoms with Gasteiger partial charge < -0.3 is 5.11 Å². The van der Waals surface area contributed by atoms with E-state index in [1.165, 1.54) is 17.8 Å². The van der Waals surface area contributed by atoms with Gasteiger partial charge in [0.15, 0.2) is 0 Å². The smallest absolute Gasteiger partial charge is 0.274 e. The van der Waals surface area contributed by atoms with Gasteiger partial charge in [0, 0.05) is 27.7 Å². The van der Waals surface area contributed by atoms with Gasteiger partial charge >= 0.3 is 0 Å². The molecule has 0 fully saturated rings. The van der Waals surface area contributed by atoms with Crippen molar-refractivity contribution in [2.75, 3.05) is 6.61 Å². The minimum Gasteiger partial charge on any atom is -0.395 e. The molecule has 0 aromatic heterocycles. The molecule has 0 radical (unpaired) electrons. The largest absolute Gasteiger partial charge is 0.395 e. The summed E-state index contributed by atoms with van der Waals surface area (Å²) in [5.41, 5.74) is 0.657. The standard InChI is InChI=1S/C10H12ClNO3S/c1-7(5-13)16-6-8-2-3-9(11)4-10(8)12(14)15/h2-4,7,13H,5-6H2,1H3. The highest BCUT2D eigenvalue weighted by Crippen LogP contribution is 2.27. The Bertz CT molecular complexity index is 386. The number of hydrogen-bond donors (Lipinski definition) is 1. The number of nitro benzene ring substituents is 1. The van der Waals surface area contributed by atoms with Crippen molar-refractivity contribution in [1.82, 2.24) is 0 Å². The minimum atomic E-state index is -0.439. The van der Waals surface area contributed by atoms with E-state index in [4.69, 9.17) is 16.7 Å². The van der Waals surface area contributed by atoms with Crippen LogP contribution in [0.15, 0.2) is 18.2 Å². The molecule has 1 N–H and O–H groups in total. The quantitative estimate of drug-likeness (QED) is 0.654. The molecular formula is C10H12ClNO3S. The Balaban J connectivity index is 2.82. The van der Waals surface area contributed by atoms with E-state index in [9.17, 15) is 10.1 Å². The minimum absolute atomic E-state index is 0.0325. The van der Waals surface area contributed by atoms with E-state index in [1.807, 2.05) is 6.92 Å². The van der Waals surface area contributed by atoms with Gasteiger partial charge in [-0.1, -0.05) is 18.5 Å². The third-order valence-corrected chi connectivity index (χ3v) is 3.46. The molecule has 4 nitrogen and oxygen atoms in total. The molecule has 1 aromatic rings. The van der Waals surface area contributed by atoms with Crippen molar-refractivity contribution >= 4 is 29.1 Å². The van der Waals surface area contributed by atoms with Crippen LogP contribution >= 0.6 is 23.4 Å². The highest BCUT2D eigenvalue weighted by molar-refractivity contribution is 7.99. The highest BCUT2D eigenvalue weighted by atomic mass is 35.5. The molecule has 0 amide bonds. The zero-order valence-corrected chi connectivity index (χ0v) is 10.3. The maximum atomic E-state index is 10.8. The van der Waals surface area contributed by atoms with Crippen LogP contribution in [0.2, 0.25) is 5.02 Å². The molecule has 88 valence electrons. The molecule has 6 heteroatoms. The van der Waals surface area contributed by atoms with Crippen molar-refractivity contribution in [3.8, 4) is 0 Å². The topological polar surface area (TPSA) is 63.4 Å². The molecule has 0 spiro atoms. The van der Waals surface area contributed by atoms with Crippen molar-refractivity contribution in [3.63, 3.8) is 0 Å². The molecular weight excluding hydrogens is 250 g/mol. The summed E-state index contributed by atoms with van der Waals surface area (Å²) in [6.45, 7) is 1.93. The molecule has 0 saturated heterocycles. The number of aliphatic hydroxyl groups is 1. The lowest BCUT2D eigenvalue weighted by Crippen LogP contribution is -2.03. The van der Waals surface area contributed by atoms with Gasteiger partial charge in [-0.05, 0) is 12.1 Å². The third kappa shape index (κ3) is 3.66. The summed E-state index contributed by atoms with van der Waals surface area (Å²) in [5.74, 6) is 0.495. The monoisotopic (exact) mass is 261 g/mol. The molecule has 0 aliphatic heterocycles. The molecule has 0 saturated carbocycles. The molecule has 0 heterocycles. The van der Waals surface area contributed by atoms with Crippen LogP contribution in [0.3, 0.4) is 0 Å². The van der Waals surface area contributed by atoms with E-state index in [0.29, 0.717) is 16.3 Å². The first-order valence-corrected chi connectivity index (χ1v) is 6.12. The summed E-state index contributed by atoms with van der Waals surface area (Å²) >= 11 is 7.17. The van der Waals surface area contributed by atoms with Gasteiger partial charge in [0.05, 0.1) is 11.5 Å². The van der Waals surface area contributed by atoms with E-state index in [0.717, 1.165) is 0 Å². The zero-order valence-electron chi connectivity index (χ0n) is 8.72. The maximum absolute atomic E-state index is 10.8. The Hall–Kier alpha value is -0.780. The Labute approximate surface area is 103 Å². The molecule has 16 heavy (non-hydrogen) atoms. The zero-order chi connectivity index (χ0) is 12.1. The van der Waals surface area contributed by atoms with E-state index in [2.05, 4.69) is 0 Å². The van der Waals surface area contributed by atoms with Gasteiger partial charge in [-0.2, -0.15) is 11.8 Å². The van der Waals surface area contributed by atoms with Gasteiger partial charge in [0.2, 0.25) is 0 Å². The second kappa shape index (κ2) is 6.08. The van der Waals surface area contributed by atoms with E-state index < -0.39 is 4.92 Å². The van der Waals surface area contributed by atoms with Crippen molar-refractivity contribution in [3.05, 3.63) is 38.9 Å². The van der Waals surface area contributed by atoms with Gasteiger partial charge in [0.1, 0.15) is 0 Å². The molecule has 0 aliphatic carbocycles. The first-order chi connectivity index (χ1) is 7.54. The fraction of sp³-hybridized carbons (Fsp3) is 0.400. The van der Waals surface area contributed by atoms with Crippen LogP contribution in [0.25, 0.3) is 0 Å². The number of rotatable bonds is 5. The summed E-state index contributed by atoms with van der Waals surface area (Å²) in [4.78, 5) is 10.3. The van der Waals surface area contributed by atoms with Crippen LogP contribution < -0.4 is 0 Å². The predicted octanol–water partition coefficient (Wildman–Crippen LogP) is 2.86. The van der Waals surface area contributed by atoms with Crippen LogP contribution in [0.1, 0.15) is 12.5 Å². The first kappa shape index (κ1) is 13.3. The van der Waals surface area contributed by atoms with Gasteiger partial charge in [0.25, 0.3) is 5.69 Å². The van der Waals surface area contributed by atoms with Gasteiger partial charge in [-0.25, -0.2) is 0 Å². The SMILES string of the molecule is CC(CO)SCc1ccc(Cl)cc1[N+](=O)[O-]. The molecule has 0 bridgehead atoms. The summed E-state index contributed by atoms with van der Waals surface area (Å²) in [6, 6.07) is 4.63. The second-order valence-electron chi connectivity index (χ2n) is 3.33. The van der Waals surface area contributed by atoms with Crippen molar-refractivity contribution in [1.29, 1.82) is 0 Å². The number of aliphatic hydroxyl groups excluding tert-OH is 1. The number of thioether (sulfide) groups is 1.